The number of hydrogen-bond acceptors (Lipinski definition) is 8. The molecule has 0 radical (unpaired) electrons. The average Bonchev–Trinajstić information content (AvgIpc) is 3.56. The van der Waals surface area contributed by atoms with Gasteiger partial charge in [0.2, 0.25) is 17.6 Å². The van der Waals surface area contributed by atoms with E-state index in [-0.39, 0.29) is 5.91 Å². The summed E-state index contributed by atoms with van der Waals surface area (Å²) in [4.78, 5) is 20.5. The molecule has 0 unspecified atom stereocenters. The van der Waals surface area contributed by atoms with Crippen LogP contribution in [0.1, 0.15) is 56.3 Å². The van der Waals surface area contributed by atoms with Gasteiger partial charge in [-0.2, -0.15) is 4.98 Å². The number of carbonyl (C=O) groups excluding carboxylic acids is 1. The van der Waals surface area contributed by atoms with E-state index in [0.29, 0.717) is 37.1 Å². The molecular formula is C21H27N7O2S. The number of rotatable bonds is 10. The Hall–Kier alpha value is -2.75. The molecule has 0 aliphatic heterocycles. The largest absolute Gasteiger partial charge is 0.356 e. The van der Waals surface area contributed by atoms with Crippen molar-refractivity contribution in [2.45, 2.75) is 62.6 Å². The van der Waals surface area contributed by atoms with Crippen molar-refractivity contribution in [1.29, 1.82) is 0 Å². The minimum atomic E-state index is -0.0225. The Balaban J connectivity index is 1.20. The summed E-state index contributed by atoms with van der Waals surface area (Å²) in [5.74, 6) is 1.97. The summed E-state index contributed by atoms with van der Waals surface area (Å²) in [6, 6.07) is 4.15. The van der Waals surface area contributed by atoms with Gasteiger partial charge in [0.15, 0.2) is 5.16 Å². The van der Waals surface area contributed by atoms with E-state index in [9.17, 15) is 4.79 Å². The Morgan fingerprint density at radius 2 is 2.03 bits per heavy atom. The number of carbonyl (C=O) groups is 1. The fourth-order valence-corrected chi connectivity index (χ4v) is 4.48. The number of hydrogen-bond donors (Lipinski definition) is 1. The molecule has 10 heteroatoms. The SMILES string of the molecule is CSc1nnc(CCCNC(=O)CCc2nc(-c3ccncc3)no2)n1C1CCCC1. The van der Waals surface area contributed by atoms with Crippen LogP contribution in [0, 0.1) is 0 Å². The monoisotopic (exact) mass is 441 g/mol. The fraction of sp³-hybridized carbons (Fsp3) is 0.524. The normalized spacial score (nSPS) is 14.2. The first kappa shape index (κ1) is 21.5. The highest BCUT2D eigenvalue weighted by molar-refractivity contribution is 7.98. The second kappa shape index (κ2) is 10.5. The third-order valence-corrected chi connectivity index (χ3v) is 6.12. The first-order chi connectivity index (χ1) is 15.2. The summed E-state index contributed by atoms with van der Waals surface area (Å²) in [6.07, 6.45) is 12.7. The quantitative estimate of drug-likeness (QED) is 0.377. The van der Waals surface area contributed by atoms with Crippen molar-refractivity contribution in [1.82, 2.24) is 35.2 Å². The molecule has 164 valence electrons. The van der Waals surface area contributed by atoms with Gasteiger partial charge in [0.05, 0.1) is 0 Å². The third-order valence-electron chi connectivity index (χ3n) is 5.48. The van der Waals surface area contributed by atoms with Gasteiger partial charge >= 0.3 is 0 Å². The molecule has 1 aliphatic rings. The number of aromatic nitrogens is 6. The van der Waals surface area contributed by atoms with E-state index in [1.807, 2.05) is 18.4 Å². The molecule has 3 aromatic heterocycles. The Morgan fingerprint density at radius 1 is 1.23 bits per heavy atom. The summed E-state index contributed by atoms with van der Waals surface area (Å²) in [5.41, 5.74) is 0.838. The predicted octanol–water partition coefficient (Wildman–Crippen LogP) is 3.24. The smallest absolute Gasteiger partial charge is 0.227 e. The van der Waals surface area contributed by atoms with Gasteiger partial charge in [-0.05, 0) is 37.7 Å². The highest BCUT2D eigenvalue weighted by Gasteiger charge is 2.23. The number of thioether (sulfide) groups is 1. The molecule has 1 N–H and O–H groups in total. The fourth-order valence-electron chi connectivity index (χ4n) is 3.90. The molecule has 3 heterocycles. The van der Waals surface area contributed by atoms with Gasteiger partial charge in [0.1, 0.15) is 5.82 Å². The van der Waals surface area contributed by atoms with Crippen LogP contribution in [0.25, 0.3) is 11.4 Å². The van der Waals surface area contributed by atoms with Crippen molar-refractivity contribution < 1.29 is 9.32 Å². The van der Waals surface area contributed by atoms with Crippen molar-refractivity contribution in [3.8, 4) is 11.4 Å². The van der Waals surface area contributed by atoms with Gasteiger partial charge in [-0.1, -0.05) is 29.8 Å². The Morgan fingerprint density at radius 3 is 2.81 bits per heavy atom. The van der Waals surface area contributed by atoms with Crippen molar-refractivity contribution in [3.63, 3.8) is 0 Å². The maximum absolute atomic E-state index is 12.2. The number of nitrogens with one attached hydrogen (secondary N) is 1. The summed E-state index contributed by atoms with van der Waals surface area (Å²) in [5, 5.41) is 16.7. The van der Waals surface area contributed by atoms with Crippen LogP contribution in [0.15, 0.2) is 34.2 Å². The first-order valence-electron chi connectivity index (χ1n) is 10.7. The van der Waals surface area contributed by atoms with E-state index >= 15 is 0 Å². The van der Waals surface area contributed by atoms with Crippen LogP contribution in [0.4, 0.5) is 0 Å². The topological polar surface area (TPSA) is 112 Å². The minimum absolute atomic E-state index is 0.0225. The molecule has 9 nitrogen and oxygen atoms in total. The van der Waals surface area contributed by atoms with Gasteiger partial charge in [0.25, 0.3) is 0 Å². The summed E-state index contributed by atoms with van der Waals surface area (Å²) < 4.78 is 7.56. The standard InChI is InChI=1S/C21H27N7O2S/c1-31-21-26-25-17(28(21)16-5-2-3-6-16)7-4-12-23-18(29)8-9-19-24-20(27-30-19)15-10-13-22-14-11-15/h10-11,13-14,16H,2-9,12H2,1H3,(H,23,29). The molecule has 31 heavy (non-hydrogen) atoms. The summed E-state index contributed by atoms with van der Waals surface area (Å²) in [7, 11) is 0. The molecule has 1 saturated carbocycles. The lowest BCUT2D eigenvalue weighted by Gasteiger charge is -2.16. The van der Waals surface area contributed by atoms with E-state index < -0.39 is 0 Å². The van der Waals surface area contributed by atoms with E-state index in [1.165, 1.54) is 25.7 Å². The Labute approximate surface area is 185 Å². The molecule has 0 atom stereocenters. The van der Waals surface area contributed by atoms with Crippen LogP contribution in [-0.2, 0) is 17.6 Å². The number of nitrogens with zero attached hydrogens (tertiary/aromatic N) is 6. The summed E-state index contributed by atoms with van der Waals surface area (Å²) >= 11 is 1.65. The molecule has 3 aromatic rings. The molecular weight excluding hydrogens is 414 g/mol. The van der Waals surface area contributed by atoms with E-state index in [4.69, 9.17) is 4.52 Å². The highest BCUT2D eigenvalue weighted by atomic mass is 32.2. The van der Waals surface area contributed by atoms with Crippen LogP contribution in [0.5, 0.6) is 0 Å². The highest BCUT2D eigenvalue weighted by Crippen LogP contribution is 2.33. The van der Waals surface area contributed by atoms with E-state index in [0.717, 1.165) is 29.4 Å². The molecule has 0 bridgehead atoms. The van der Waals surface area contributed by atoms with E-state index in [2.05, 4.69) is 35.2 Å². The maximum atomic E-state index is 12.2. The molecule has 1 aliphatic carbocycles. The third kappa shape index (κ3) is 5.49. The predicted molar refractivity (Wildman–Crippen MR) is 116 cm³/mol. The number of pyridine rings is 1. The zero-order valence-electron chi connectivity index (χ0n) is 17.7. The second-order valence-electron chi connectivity index (χ2n) is 7.61. The van der Waals surface area contributed by atoms with Gasteiger partial charge in [-0.25, -0.2) is 0 Å². The first-order valence-corrected chi connectivity index (χ1v) is 11.9. The summed E-state index contributed by atoms with van der Waals surface area (Å²) in [6.45, 7) is 0.608. The molecule has 0 saturated heterocycles. The molecule has 0 spiro atoms. The van der Waals surface area contributed by atoms with E-state index in [1.54, 1.807) is 24.2 Å². The maximum Gasteiger partial charge on any atom is 0.227 e. The van der Waals surface area contributed by atoms with Crippen molar-refractivity contribution in [3.05, 3.63) is 36.2 Å². The minimum Gasteiger partial charge on any atom is -0.356 e. The van der Waals surface area contributed by atoms with Gasteiger partial charge in [-0.3, -0.25) is 9.78 Å². The zero-order chi connectivity index (χ0) is 21.5. The van der Waals surface area contributed by atoms with Crippen molar-refractivity contribution in [2.24, 2.45) is 0 Å². The molecule has 1 fully saturated rings. The van der Waals surface area contributed by atoms with Crippen LogP contribution >= 0.6 is 11.8 Å². The molecule has 0 aromatic carbocycles. The van der Waals surface area contributed by atoms with Gasteiger partial charge in [0, 0.05) is 49.8 Å². The molecule has 4 rings (SSSR count). The van der Waals surface area contributed by atoms with Crippen LogP contribution in [0.3, 0.4) is 0 Å². The lowest BCUT2D eigenvalue weighted by Crippen LogP contribution is -2.25. The van der Waals surface area contributed by atoms with Gasteiger partial charge in [-0.15, -0.1) is 10.2 Å². The van der Waals surface area contributed by atoms with Crippen LogP contribution in [0.2, 0.25) is 0 Å². The zero-order valence-corrected chi connectivity index (χ0v) is 18.5. The Kier molecular flexibility index (Phi) is 7.29. The van der Waals surface area contributed by atoms with Crippen LogP contribution < -0.4 is 5.32 Å². The second-order valence-corrected chi connectivity index (χ2v) is 8.39. The van der Waals surface area contributed by atoms with Crippen LogP contribution in [-0.4, -0.2) is 48.6 Å². The van der Waals surface area contributed by atoms with Crippen molar-refractivity contribution >= 4 is 17.7 Å². The Bertz CT molecular complexity index is 983. The van der Waals surface area contributed by atoms with Gasteiger partial charge < -0.3 is 14.4 Å². The van der Waals surface area contributed by atoms with Crippen molar-refractivity contribution in [2.75, 3.05) is 12.8 Å². The number of amides is 1. The average molecular weight is 442 g/mol. The lowest BCUT2D eigenvalue weighted by molar-refractivity contribution is -0.121. The molecule has 1 amide bonds. The lowest BCUT2D eigenvalue weighted by atomic mass is 10.2. The number of aryl methyl sites for hydroxylation is 2.